The lowest BCUT2D eigenvalue weighted by Gasteiger charge is -2.31. The van der Waals surface area contributed by atoms with E-state index in [1.54, 1.807) is 0 Å². The molecule has 1 N–H and O–H groups in total. The van der Waals surface area contributed by atoms with Crippen molar-refractivity contribution in [1.82, 2.24) is 10.2 Å². The van der Waals surface area contributed by atoms with Gasteiger partial charge in [0.2, 0.25) is 5.91 Å². The number of halogens is 1. The van der Waals surface area contributed by atoms with Crippen LogP contribution in [0.2, 0.25) is 0 Å². The summed E-state index contributed by atoms with van der Waals surface area (Å²) in [6, 6.07) is 0.574. The first-order valence-electron chi connectivity index (χ1n) is 6.30. The Kier molecular flexibility index (Phi) is 9.50. The molecule has 0 spiro atoms. The van der Waals surface area contributed by atoms with Crippen molar-refractivity contribution in [3.8, 4) is 0 Å². The third kappa shape index (κ3) is 6.24. The predicted octanol–water partition coefficient (Wildman–Crippen LogP) is 1.44. The SMILES string of the molecule is CCCCOCC(=O)N1CCC(NC)CC1.Cl. The number of ether oxygens (including phenoxy) is 1. The van der Waals surface area contributed by atoms with E-state index in [-0.39, 0.29) is 24.9 Å². The molecule has 0 aromatic carbocycles. The van der Waals surface area contributed by atoms with Crippen LogP contribution in [0.25, 0.3) is 0 Å². The largest absolute Gasteiger partial charge is 0.372 e. The number of carbonyl (C=O) groups excluding carboxylic acids is 1. The van der Waals surface area contributed by atoms with Crippen LogP contribution >= 0.6 is 12.4 Å². The molecule has 1 heterocycles. The molecule has 1 aliphatic rings. The van der Waals surface area contributed by atoms with Crippen molar-refractivity contribution in [2.45, 2.75) is 38.6 Å². The molecular formula is C12H25ClN2O2. The maximum atomic E-state index is 11.7. The Bertz CT molecular complexity index is 207. The zero-order valence-electron chi connectivity index (χ0n) is 10.9. The summed E-state index contributed by atoms with van der Waals surface area (Å²) in [7, 11) is 1.98. The minimum atomic E-state index is 0. The van der Waals surface area contributed by atoms with E-state index in [2.05, 4.69) is 12.2 Å². The van der Waals surface area contributed by atoms with Crippen LogP contribution in [-0.2, 0) is 9.53 Å². The Balaban J connectivity index is 0.00000256. The van der Waals surface area contributed by atoms with E-state index in [1.165, 1.54) is 0 Å². The maximum absolute atomic E-state index is 11.7. The summed E-state index contributed by atoms with van der Waals surface area (Å²) in [6.45, 7) is 4.80. The Morgan fingerprint density at radius 3 is 2.59 bits per heavy atom. The molecule has 4 nitrogen and oxygen atoms in total. The standard InChI is InChI=1S/C12H24N2O2.ClH/c1-3-4-9-16-10-12(15)14-7-5-11(13-2)6-8-14;/h11,13H,3-10H2,1-2H3;1H. The molecule has 1 amide bonds. The summed E-state index contributed by atoms with van der Waals surface area (Å²) in [5, 5.41) is 3.25. The van der Waals surface area contributed by atoms with Gasteiger partial charge < -0.3 is 15.0 Å². The third-order valence-electron chi connectivity index (χ3n) is 3.12. The van der Waals surface area contributed by atoms with E-state index in [0.29, 0.717) is 12.6 Å². The summed E-state index contributed by atoms with van der Waals surface area (Å²) in [5.74, 6) is 0.144. The Labute approximate surface area is 110 Å². The van der Waals surface area contributed by atoms with Crippen molar-refractivity contribution >= 4 is 18.3 Å². The summed E-state index contributed by atoms with van der Waals surface area (Å²) in [6.07, 6.45) is 4.26. The number of amides is 1. The first-order valence-corrected chi connectivity index (χ1v) is 6.30. The van der Waals surface area contributed by atoms with Crippen molar-refractivity contribution in [3.63, 3.8) is 0 Å². The van der Waals surface area contributed by atoms with E-state index in [0.717, 1.165) is 38.8 Å². The lowest BCUT2D eigenvalue weighted by molar-refractivity contribution is -0.137. The number of hydrogen-bond donors (Lipinski definition) is 1. The highest BCUT2D eigenvalue weighted by Gasteiger charge is 2.21. The molecule has 0 unspecified atom stereocenters. The van der Waals surface area contributed by atoms with Gasteiger partial charge in [0.15, 0.2) is 0 Å². The fraction of sp³-hybridized carbons (Fsp3) is 0.917. The Morgan fingerprint density at radius 1 is 1.41 bits per heavy atom. The molecule has 1 aliphatic heterocycles. The second-order valence-corrected chi connectivity index (χ2v) is 4.35. The van der Waals surface area contributed by atoms with Crippen LogP contribution in [0.4, 0.5) is 0 Å². The summed E-state index contributed by atoms with van der Waals surface area (Å²) in [4.78, 5) is 13.7. The van der Waals surface area contributed by atoms with Gasteiger partial charge in [-0.2, -0.15) is 0 Å². The van der Waals surface area contributed by atoms with Gasteiger partial charge in [-0.1, -0.05) is 13.3 Å². The van der Waals surface area contributed by atoms with Gasteiger partial charge in [-0.3, -0.25) is 4.79 Å². The average Bonchev–Trinajstić information content (AvgIpc) is 2.34. The van der Waals surface area contributed by atoms with E-state index >= 15 is 0 Å². The minimum absolute atomic E-state index is 0. The molecule has 0 radical (unpaired) electrons. The molecule has 0 saturated carbocycles. The van der Waals surface area contributed by atoms with Crippen LogP contribution in [0.1, 0.15) is 32.6 Å². The van der Waals surface area contributed by atoms with Gasteiger partial charge in [-0.05, 0) is 26.3 Å². The van der Waals surface area contributed by atoms with Gasteiger partial charge in [0.05, 0.1) is 0 Å². The number of likely N-dealkylation sites (tertiary alicyclic amines) is 1. The number of carbonyl (C=O) groups is 1. The van der Waals surface area contributed by atoms with Crippen molar-refractivity contribution in [2.24, 2.45) is 0 Å². The Morgan fingerprint density at radius 2 is 2.06 bits per heavy atom. The number of hydrogen-bond acceptors (Lipinski definition) is 3. The topological polar surface area (TPSA) is 41.6 Å². The van der Waals surface area contributed by atoms with Gasteiger partial charge in [0.1, 0.15) is 6.61 Å². The van der Waals surface area contributed by atoms with Crippen LogP contribution in [0.5, 0.6) is 0 Å². The highest BCUT2D eigenvalue weighted by atomic mass is 35.5. The van der Waals surface area contributed by atoms with Gasteiger partial charge in [0, 0.05) is 25.7 Å². The maximum Gasteiger partial charge on any atom is 0.248 e. The summed E-state index contributed by atoms with van der Waals surface area (Å²) < 4.78 is 5.34. The molecule has 1 rings (SSSR count). The molecule has 0 bridgehead atoms. The average molecular weight is 265 g/mol. The number of nitrogens with zero attached hydrogens (tertiary/aromatic N) is 1. The summed E-state index contributed by atoms with van der Waals surface area (Å²) >= 11 is 0. The first-order chi connectivity index (χ1) is 7.77. The quantitative estimate of drug-likeness (QED) is 0.738. The summed E-state index contributed by atoms with van der Waals surface area (Å²) in [5.41, 5.74) is 0. The number of rotatable bonds is 6. The molecule has 1 fully saturated rings. The van der Waals surface area contributed by atoms with Gasteiger partial charge in [-0.25, -0.2) is 0 Å². The number of nitrogens with one attached hydrogen (secondary N) is 1. The molecule has 0 aromatic rings. The fourth-order valence-corrected chi connectivity index (χ4v) is 1.91. The Hall–Kier alpha value is -0.320. The normalized spacial score (nSPS) is 16.7. The molecule has 102 valence electrons. The highest BCUT2D eigenvalue weighted by molar-refractivity contribution is 5.85. The lowest BCUT2D eigenvalue weighted by Crippen LogP contribution is -2.45. The van der Waals surface area contributed by atoms with E-state index < -0.39 is 0 Å². The molecule has 0 aromatic heterocycles. The first kappa shape index (κ1) is 16.7. The van der Waals surface area contributed by atoms with Crippen LogP contribution in [0.15, 0.2) is 0 Å². The fourth-order valence-electron chi connectivity index (χ4n) is 1.91. The predicted molar refractivity (Wildman–Crippen MR) is 71.6 cm³/mol. The highest BCUT2D eigenvalue weighted by Crippen LogP contribution is 2.09. The molecule has 5 heteroatoms. The zero-order chi connectivity index (χ0) is 11.8. The van der Waals surface area contributed by atoms with Gasteiger partial charge >= 0.3 is 0 Å². The number of piperidine rings is 1. The van der Waals surface area contributed by atoms with Gasteiger partial charge in [0.25, 0.3) is 0 Å². The monoisotopic (exact) mass is 264 g/mol. The van der Waals surface area contributed by atoms with Crippen molar-refractivity contribution in [3.05, 3.63) is 0 Å². The van der Waals surface area contributed by atoms with Crippen LogP contribution < -0.4 is 5.32 Å². The van der Waals surface area contributed by atoms with Crippen LogP contribution in [-0.4, -0.2) is 50.2 Å². The van der Waals surface area contributed by atoms with Crippen molar-refractivity contribution in [2.75, 3.05) is 33.4 Å². The van der Waals surface area contributed by atoms with Crippen LogP contribution in [0.3, 0.4) is 0 Å². The molecule has 0 aliphatic carbocycles. The lowest BCUT2D eigenvalue weighted by atomic mass is 10.1. The molecule has 17 heavy (non-hydrogen) atoms. The van der Waals surface area contributed by atoms with E-state index in [9.17, 15) is 4.79 Å². The van der Waals surface area contributed by atoms with Crippen LogP contribution in [0, 0.1) is 0 Å². The van der Waals surface area contributed by atoms with Crippen molar-refractivity contribution < 1.29 is 9.53 Å². The van der Waals surface area contributed by atoms with E-state index in [1.807, 2.05) is 11.9 Å². The number of unbranched alkanes of at least 4 members (excludes halogenated alkanes) is 1. The second kappa shape index (κ2) is 9.68. The molecule has 1 saturated heterocycles. The third-order valence-corrected chi connectivity index (χ3v) is 3.12. The van der Waals surface area contributed by atoms with E-state index in [4.69, 9.17) is 4.74 Å². The smallest absolute Gasteiger partial charge is 0.248 e. The second-order valence-electron chi connectivity index (χ2n) is 4.35. The molecular weight excluding hydrogens is 240 g/mol. The zero-order valence-corrected chi connectivity index (χ0v) is 11.7. The van der Waals surface area contributed by atoms with Crippen molar-refractivity contribution in [1.29, 1.82) is 0 Å². The van der Waals surface area contributed by atoms with Gasteiger partial charge in [-0.15, -0.1) is 12.4 Å². The molecule has 0 atom stereocenters. The minimum Gasteiger partial charge on any atom is -0.372 e.